The van der Waals surface area contributed by atoms with Crippen molar-refractivity contribution >= 4 is 11.9 Å². The third-order valence-electron chi connectivity index (χ3n) is 4.08. The van der Waals surface area contributed by atoms with Crippen molar-refractivity contribution in [3.05, 3.63) is 35.4 Å². The van der Waals surface area contributed by atoms with Crippen LogP contribution in [0.1, 0.15) is 31.4 Å². The Bertz CT molecular complexity index is 532. The molecule has 0 spiro atoms. The topological polar surface area (TPSA) is 52.7 Å². The van der Waals surface area contributed by atoms with Crippen LogP contribution in [0.3, 0.4) is 0 Å². The van der Waals surface area contributed by atoms with Crippen molar-refractivity contribution in [3.63, 3.8) is 0 Å². The van der Waals surface area contributed by atoms with Gasteiger partial charge in [0.2, 0.25) is 5.91 Å². The van der Waals surface area contributed by atoms with Gasteiger partial charge in [0.05, 0.1) is 0 Å². The van der Waals surface area contributed by atoms with Gasteiger partial charge in [0.15, 0.2) is 0 Å². The molecule has 1 N–H and O–H groups in total. The second kappa shape index (κ2) is 7.99. The molecule has 23 heavy (non-hydrogen) atoms. The molecular formula is C18H27N3O2. The van der Waals surface area contributed by atoms with Crippen molar-refractivity contribution in [1.82, 2.24) is 15.1 Å². The lowest BCUT2D eigenvalue weighted by atomic mass is 10.1. The molecule has 0 atom stereocenters. The number of carbonyl (C=O) groups excluding carboxylic acids is 2. The van der Waals surface area contributed by atoms with E-state index in [0.717, 1.165) is 6.42 Å². The highest BCUT2D eigenvalue weighted by Gasteiger charge is 2.23. The number of rotatable bonds is 4. The third-order valence-corrected chi connectivity index (χ3v) is 4.08. The molecule has 126 valence electrons. The van der Waals surface area contributed by atoms with Gasteiger partial charge in [-0.2, -0.15) is 0 Å². The summed E-state index contributed by atoms with van der Waals surface area (Å²) < 4.78 is 0. The highest BCUT2D eigenvalue weighted by atomic mass is 16.2. The van der Waals surface area contributed by atoms with Gasteiger partial charge < -0.3 is 15.1 Å². The monoisotopic (exact) mass is 317 g/mol. The molecule has 1 aromatic carbocycles. The molecule has 0 aliphatic carbocycles. The van der Waals surface area contributed by atoms with Gasteiger partial charge in [0.25, 0.3) is 0 Å². The predicted molar refractivity (Wildman–Crippen MR) is 91.3 cm³/mol. The first-order valence-corrected chi connectivity index (χ1v) is 8.34. The number of aryl methyl sites for hydroxylation is 2. The van der Waals surface area contributed by atoms with E-state index in [2.05, 4.69) is 36.5 Å². The number of nitrogens with one attached hydrogen (secondary N) is 1. The Morgan fingerprint density at radius 1 is 1.04 bits per heavy atom. The summed E-state index contributed by atoms with van der Waals surface area (Å²) in [6.45, 7) is 8.41. The zero-order valence-electron chi connectivity index (χ0n) is 14.3. The average molecular weight is 317 g/mol. The van der Waals surface area contributed by atoms with E-state index in [-0.39, 0.29) is 18.0 Å². The van der Waals surface area contributed by atoms with Gasteiger partial charge in [-0.3, -0.25) is 4.79 Å². The number of nitrogens with zero attached hydrogens (tertiary/aromatic N) is 2. The molecule has 0 radical (unpaired) electrons. The van der Waals surface area contributed by atoms with E-state index in [1.165, 1.54) is 11.1 Å². The van der Waals surface area contributed by atoms with Gasteiger partial charge in [-0.15, -0.1) is 0 Å². The van der Waals surface area contributed by atoms with Crippen molar-refractivity contribution in [2.24, 2.45) is 0 Å². The predicted octanol–water partition coefficient (Wildman–Crippen LogP) is 2.19. The molecule has 0 saturated carbocycles. The second-order valence-electron chi connectivity index (χ2n) is 6.46. The van der Waals surface area contributed by atoms with Gasteiger partial charge in [-0.25, -0.2) is 4.79 Å². The van der Waals surface area contributed by atoms with Crippen LogP contribution in [0.4, 0.5) is 4.79 Å². The summed E-state index contributed by atoms with van der Waals surface area (Å²) in [6, 6.07) is 8.41. The summed E-state index contributed by atoms with van der Waals surface area (Å²) in [5.74, 6) is 0.175. The molecule has 1 aliphatic heterocycles. The number of piperazine rings is 1. The minimum absolute atomic E-state index is 0.0354. The van der Waals surface area contributed by atoms with E-state index >= 15 is 0 Å². The normalized spacial score (nSPS) is 15.0. The van der Waals surface area contributed by atoms with Gasteiger partial charge >= 0.3 is 6.03 Å². The molecule has 1 aliphatic rings. The second-order valence-corrected chi connectivity index (χ2v) is 6.46. The zero-order valence-corrected chi connectivity index (χ0v) is 14.3. The molecule has 1 saturated heterocycles. The Kier molecular flexibility index (Phi) is 6.02. The van der Waals surface area contributed by atoms with Crippen molar-refractivity contribution < 1.29 is 9.59 Å². The van der Waals surface area contributed by atoms with E-state index in [1.807, 2.05) is 18.7 Å². The first-order valence-electron chi connectivity index (χ1n) is 8.34. The standard InChI is InChI=1S/C18H27N3O2/c1-14(2)19-18(23)21-12-10-20(11-13-21)17(22)9-8-16-6-4-15(3)5-7-16/h4-7,14H,8-13H2,1-3H3,(H,19,23). The number of hydrogen-bond donors (Lipinski definition) is 1. The van der Waals surface area contributed by atoms with Crippen molar-refractivity contribution in [2.45, 2.75) is 39.7 Å². The lowest BCUT2D eigenvalue weighted by Crippen LogP contribution is -2.54. The maximum absolute atomic E-state index is 12.3. The van der Waals surface area contributed by atoms with Gasteiger partial charge in [0.1, 0.15) is 0 Å². The fourth-order valence-corrected chi connectivity index (χ4v) is 2.66. The van der Waals surface area contributed by atoms with E-state index in [0.29, 0.717) is 32.6 Å². The lowest BCUT2D eigenvalue weighted by molar-refractivity contribution is -0.132. The van der Waals surface area contributed by atoms with Crippen LogP contribution in [0, 0.1) is 6.92 Å². The maximum atomic E-state index is 12.3. The number of benzene rings is 1. The van der Waals surface area contributed by atoms with Crippen LogP contribution in [-0.2, 0) is 11.2 Å². The fraction of sp³-hybridized carbons (Fsp3) is 0.556. The van der Waals surface area contributed by atoms with Gasteiger partial charge in [-0.05, 0) is 32.8 Å². The quantitative estimate of drug-likeness (QED) is 0.925. The molecule has 0 unspecified atom stereocenters. The molecular weight excluding hydrogens is 290 g/mol. The minimum atomic E-state index is -0.0354. The van der Waals surface area contributed by atoms with Crippen LogP contribution < -0.4 is 5.32 Å². The molecule has 0 aromatic heterocycles. The molecule has 1 heterocycles. The van der Waals surface area contributed by atoms with E-state index in [1.54, 1.807) is 4.90 Å². The first kappa shape index (κ1) is 17.3. The molecule has 2 rings (SSSR count). The summed E-state index contributed by atoms with van der Waals surface area (Å²) in [7, 11) is 0. The SMILES string of the molecule is Cc1ccc(CCC(=O)N2CCN(C(=O)NC(C)C)CC2)cc1. The van der Waals surface area contributed by atoms with E-state index < -0.39 is 0 Å². The van der Waals surface area contributed by atoms with Crippen LogP contribution in [0.15, 0.2) is 24.3 Å². The Hall–Kier alpha value is -2.04. The van der Waals surface area contributed by atoms with E-state index in [4.69, 9.17) is 0 Å². The molecule has 5 heteroatoms. The van der Waals surface area contributed by atoms with Gasteiger partial charge in [0, 0.05) is 38.6 Å². The molecule has 1 fully saturated rings. The summed E-state index contributed by atoms with van der Waals surface area (Å²) in [5.41, 5.74) is 2.43. The minimum Gasteiger partial charge on any atom is -0.339 e. The first-order chi connectivity index (χ1) is 11.0. The Morgan fingerprint density at radius 3 is 2.17 bits per heavy atom. The maximum Gasteiger partial charge on any atom is 0.317 e. The summed E-state index contributed by atoms with van der Waals surface area (Å²) in [4.78, 5) is 27.9. The molecule has 0 bridgehead atoms. The van der Waals surface area contributed by atoms with Crippen LogP contribution in [0.2, 0.25) is 0 Å². The van der Waals surface area contributed by atoms with Crippen LogP contribution in [0.5, 0.6) is 0 Å². The molecule has 3 amide bonds. The zero-order chi connectivity index (χ0) is 16.8. The summed E-state index contributed by atoms with van der Waals surface area (Å²) >= 11 is 0. The number of amides is 3. The highest BCUT2D eigenvalue weighted by molar-refractivity contribution is 5.78. The summed E-state index contributed by atoms with van der Waals surface area (Å²) in [5, 5.41) is 2.89. The summed E-state index contributed by atoms with van der Waals surface area (Å²) in [6.07, 6.45) is 1.30. The third kappa shape index (κ3) is 5.27. The van der Waals surface area contributed by atoms with Crippen LogP contribution >= 0.6 is 0 Å². The Labute approximate surface area is 138 Å². The molecule has 5 nitrogen and oxygen atoms in total. The van der Waals surface area contributed by atoms with Crippen molar-refractivity contribution in [2.75, 3.05) is 26.2 Å². The number of hydrogen-bond acceptors (Lipinski definition) is 2. The van der Waals surface area contributed by atoms with Crippen LogP contribution in [-0.4, -0.2) is 54.0 Å². The smallest absolute Gasteiger partial charge is 0.317 e. The van der Waals surface area contributed by atoms with Crippen molar-refractivity contribution in [1.29, 1.82) is 0 Å². The number of carbonyl (C=O) groups is 2. The van der Waals surface area contributed by atoms with E-state index in [9.17, 15) is 9.59 Å². The average Bonchev–Trinajstić information content (AvgIpc) is 2.53. The Balaban J connectivity index is 1.75. The lowest BCUT2D eigenvalue weighted by Gasteiger charge is -2.35. The van der Waals surface area contributed by atoms with Gasteiger partial charge in [-0.1, -0.05) is 29.8 Å². The Morgan fingerprint density at radius 2 is 1.61 bits per heavy atom. The fourth-order valence-electron chi connectivity index (χ4n) is 2.66. The largest absolute Gasteiger partial charge is 0.339 e. The molecule has 1 aromatic rings. The van der Waals surface area contributed by atoms with Crippen molar-refractivity contribution in [3.8, 4) is 0 Å². The highest BCUT2D eigenvalue weighted by Crippen LogP contribution is 2.09. The number of urea groups is 1. The van der Waals surface area contributed by atoms with Crippen LogP contribution in [0.25, 0.3) is 0 Å².